The molecule has 0 bridgehead atoms. The molecule has 27 heavy (non-hydrogen) atoms. The fraction of sp³-hybridized carbons (Fsp3) is 0.158. The number of rotatable bonds is 5. The zero-order chi connectivity index (χ0) is 19.6. The molecule has 0 unspecified atom stereocenters. The van der Waals surface area contributed by atoms with Crippen molar-refractivity contribution in [3.8, 4) is 5.69 Å². The van der Waals surface area contributed by atoms with E-state index in [1.807, 2.05) is 22.9 Å². The Morgan fingerprint density at radius 2 is 1.81 bits per heavy atom. The highest BCUT2D eigenvalue weighted by Crippen LogP contribution is 2.22. The predicted octanol–water partition coefficient (Wildman–Crippen LogP) is 2.65. The third-order valence-electron chi connectivity index (χ3n) is 4.37. The van der Waals surface area contributed by atoms with E-state index in [0.717, 1.165) is 11.3 Å². The van der Waals surface area contributed by atoms with Crippen LogP contribution in [0, 0.1) is 13.8 Å². The number of hydrogen-bond donors (Lipinski definition) is 2. The van der Waals surface area contributed by atoms with E-state index < -0.39 is 10.0 Å². The van der Waals surface area contributed by atoms with Crippen LogP contribution in [0.25, 0.3) is 5.69 Å². The Hall–Kier alpha value is -2.97. The van der Waals surface area contributed by atoms with Gasteiger partial charge >= 0.3 is 0 Å². The van der Waals surface area contributed by atoms with Crippen molar-refractivity contribution in [2.24, 2.45) is 0 Å². The highest BCUT2D eigenvalue weighted by Gasteiger charge is 2.19. The van der Waals surface area contributed by atoms with Gasteiger partial charge < -0.3 is 9.88 Å². The smallest absolute Gasteiger partial charge is 0.255 e. The Bertz CT molecular complexity index is 1070. The van der Waals surface area contributed by atoms with E-state index in [1.54, 1.807) is 44.6 Å². The van der Waals surface area contributed by atoms with Gasteiger partial charge in [0.2, 0.25) is 10.0 Å². The fourth-order valence-electron chi connectivity index (χ4n) is 2.68. The van der Waals surface area contributed by atoms with Gasteiger partial charge in [0.15, 0.2) is 0 Å². The van der Waals surface area contributed by atoms with E-state index in [4.69, 9.17) is 0 Å². The van der Waals surface area contributed by atoms with Gasteiger partial charge in [0, 0.05) is 29.3 Å². The summed E-state index contributed by atoms with van der Waals surface area (Å²) >= 11 is 0. The summed E-state index contributed by atoms with van der Waals surface area (Å²) in [5.74, 6) is -0.374. The van der Waals surface area contributed by atoms with Gasteiger partial charge in [0.25, 0.3) is 5.91 Å². The average molecular weight is 384 g/mol. The van der Waals surface area contributed by atoms with Crippen LogP contribution in [0.4, 0.5) is 5.69 Å². The Balaban J connectivity index is 1.86. The lowest BCUT2D eigenvalue weighted by molar-refractivity contribution is 0.102. The lowest BCUT2D eigenvalue weighted by Gasteiger charge is -2.13. The third kappa shape index (κ3) is 3.91. The van der Waals surface area contributed by atoms with E-state index >= 15 is 0 Å². The van der Waals surface area contributed by atoms with Gasteiger partial charge in [-0.1, -0.05) is 0 Å². The Labute approximate surface area is 158 Å². The summed E-state index contributed by atoms with van der Waals surface area (Å²) in [6.45, 7) is 3.50. The van der Waals surface area contributed by atoms with Crippen LogP contribution in [0.15, 0.2) is 60.0 Å². The molecule has 0 fully saturated rings. The molecule has 1 amide bonds. The summed E-state index contributed by atoms with van der Waals surface area (Å²) in [6, 6.07) is 10.3. The van der Waals surface area contributed by atoms with Crippen LogP contribution in [0.3, 0.4) is 0 Å². The van der Waals surface area contributed by atoms with Crippen molar-refractivity contribution >= 4 is 21.6 Å². The normalized spacial score (nSPS) is 11.4. The standard InChI is InChI=1S/C19H20N4O3S/c1-13-10-15(11-18(14(13)2)27(25,26)20-3)19(24)22-16-4-6-17(7-5-16)23-9-8-21-12-23/h4-12,20H,1-3H3,(H,22,24). The van der Waals surface area contributed by atoms with Crippen molar-refractivity contribution < 1.29 is 13.2 Å². The lowest BCUT2D eigenvalue weighted by atomic mass is 10.1. The maximum absolute atomic E-state index is 12.6. The van der Waals surface area contributed by atoms with E-state index in [0.29, 0.717) is 11.3 Å². The number of nitrogens with zero attached hydrogens (tertiary/aromatic N) is 2. The Morgan fingerprint density at radius 1 is 1.11 bits per heavy atom. The van der Waals surface area contributed by atoms with Crippen molar-refractivity contribution in [2.75, 3.05) is 12.4 Å². The molecule has 140 valence electrons. The zero-order valence-electron chi connectivity index (χ0n) is 15.2. The average Bonchev–Trinajstić information content (AvgIpc) is 3.19. The van der Waals surface area contributed by atoms with Crippen LogP contribution in [0.1, 0.15) is 21.5 Å². The zero-order valence-corrected chi connectivity index (χ0v) is 16.0. The SMILES string of the molecule is CNS(=O)(=O)c1cc(C(=O)Nc2ccc(-n3ccnc3)cc2)cc(C)c1C. The number of amides is 1. The number of imidazole rings is 1. The lowest BCUT2D eigenvalue weighted by Crippen LogP contribution is -2.21. The molecule has 0 saturated heterocycles. The Morgan fingerprint density at radius 3 is 2.41 bits per heavy atom. The summed E-state index contributed by atoms with van der Waals surface area (Å²) in [7, 11) is -2.30. The van der Waals surface area contributed by atoms with Crippen molar-refractivity contribution in [1.82, 2.24) is 14.3 Å². The molecule has 0 aliphatic heterocycles. The maximum Gasteiger partial charge on any atom is 0.255 e. The number of anilines is 1. The molecule has 8 heteroatoms. The maximum atomic E-state index is 12.6. The van der Waals surface area contributed by atoms with E-state index in [-0.39, 0.29) is 16.4 Å². The van der Waals surface area contributed by atoms with E-state index in [9.17, 15) is 13.2 Å². The number of nitrogens with one attached hydrogen (secondary N) is 2. The van der Waals surface area contributed by atoms with Crippen molar-refractivity contribution in [2.45, 2.75) is 18.7 Å². The second-order valence-corrected chi connectivity index (χ2v) is 7.95. The molecule has 3 aromatic rings. The number of aryl methyl sites for hydroxylation is 1. The van der Waals surface area contributed by atoms with Crippen LogP contribution in [-0.2, 0) is 10.0 Å². The van der Waals surface area contributed by atoms with Crippen molar-refractivity contribution in [3.63, 3.8) is 0 Å². The topological polar surface area (TPSA) is 93.1 Å². The highest BCUT2D eigenvalue weighted by molar-refractivity contribution is 7.89. The number of carbonyl (C=O) groups is 1. The molecule has 7 nitrogen and oxygen atoms in total. The molecule has 1 aromatic heterocycles. The van der Waals surface area contributed by atoms with Gasteiger partial charge in [-0.15, -0.1) is 0 Å². The van der Waals surface area contributed by atoms with Gasteiger partial charge in [0.05, 0.1) is 11.2 Å². The molecule has 2 aromatic carbocycles. The number of hydrogen-bond acceptors (Lipinski definition) is 4. The van der Waals surface area contributed by atoms with Crippen LogP contribution < -0.4 is 10.0 Å². The van der Waals surface area contributed by atoms with E-state index in [1.165, 1.54) is 13.1 Å². The first-order chi connectivity index (χ1) is 12.8. The largest absolute Gasteiger partial charge is 0.322 e. The minimum absolute atomic E-state index is 0.102. The molecule has 0 aliphatic rings. The minimum Gasteiger partial charge on any atom is -0.322 e. The van der Waals surface area contributed by atoms with Crippen LogP contribution in [0.5, 0.6) is 0 Å². The first-order valence-electron chi connectivity index (χ1n) is 8.26. The van der Waals surface area contributed by atoms with Crippen LogP contribution >= 0.6 is 0 Å². The summed E-state index contributed by atoms with van der Waals surface area (Å²) in [5.41, 5.74) is 3.15. The minimum atomic E-state index is -3.65. The highest BCUT2D eigenvalue weighted by atomic mass is 32.2. The molecule has 0 atom stereocenters. The quantitative estimate of drug-likeness (QED) is 0.707. The molecule has 0 spiro atoms. The predicted molar refractivity (Wildman–Crippen MR) is 104 cm³/mol. The molecular weight excluding hydrogens is 364 g/mol. The third-order valence-corrected chi connectivity index (χ3v) is 5.91. The monoisotopic (exact) mass is 384 g/mol. The van der Waals surface area contributed by atoms with Crippen LogP contribution in [-0.4, -0.2) is 30.9 Å². The fourth-order valence-corrected chi connectivity index (χ4v) is 3.75. The van der Waals surface area contributed by atoms with Gasteiger partial charge in [-0.3, -0.25) is 4.79 Å². The molecule has 0 aliphatic carbocycles. The van der Waals surface area contributed by atoms with E-state index in [2.05, 4.69) is 15.0 Å². The molecule has 2 N–H and O–H groups in total. The summed E-state index contributed by atoms with van der Waals surface area (Å²) in [4.78, 5) is 16.7. The first kappa shape index (κ1) is 18.8. The van der Waals surface area contributed by atoms with Gasteiger partial charge in [0.1, 0.15) is 0 Å². The van der Waals surface area contributed by atoms with Crippen LogP contribution in [0.2, 0.25) is 0 Å². The summed E-state index contributed by atoms with van der Waals surface area (Å²) in [5, 5.41) is 2.80. The summed E-state index contributed by atoms with van der Waals surface area (Å²) in [6.07, 6.45) is 5.20. The second kappa shape index (κ2) is 7.34. The number of sulfonamides is 1. The second-order valence-electron chi connectivity index (χ2n) is 6.09. The Kier molecular flexibility index (Phi) is 5.11. The molecular formula is C19H20N4O3S. The summed E-state index contributed by atoms with van der Waals surface area (Å²) < 4.78 is 28.6. The van der Waals surface area contributed by atoms with Gasteiger partial charge in [-0.05, 0) is 68.4 Å². The molecule has 0 radical (unpaired) electrons. The molecule has 3 rings (SSSR count). The van der Waals surface area contributed by atoms with Crippen molar-refractivity contribution in [3.05, 3.63) is 71.8 Å². The van der Waals surface area contributed by atoms with Gasteiger partial charge in [-0.2, -0.15) is 0 Å². The molecule has 0 saturated carbocycles. The number of benzene rings is 2. The first-order valence-corrected chi connectivity index (χ1v) is 9.74. The number of carbonyl (C=O) groups excluding carboxylic acids is 1. The van der Waals surface area contributed by atoms with Gasteiger partial charge in [-0.25, -0.2) is 18.1 Å². The number of aromatic nitrogens is 2. The molecule has 1 heterocycles. The van der Waals surface area contributed by atoms with Crippen molar-refractivity contribution in [1.29, 1.82) is 0 Å².